The molecule has 0 fully saturated rings. The molecule has 0 N–H and O–H groups in total. The fourth-order valence-corrected chi connectivity index (χ4v) is 2.64. The van der Waals surface area contributed by atoms with Crippen molar-refractivity contribution in [2.75, 3.05) is 0 Å². The van der Waals surface area contributed by atoms with Gasteiger partial charge in [0, 0.05) is 10.9 Å². The minimum atomic E-state index is 0.622. The molecule has 0 saturated carbocycles. The lowest BCUT2D eigenvalue weighted by Crippen LogP contribution is -1.92. The average molecular weight is 288 g/mol. The first-order valence-electron chi connectivity index (χ1n) is 5.98. The topological polar surface area (TPSA) is 12.9 Å². The van der Waals surface area contributed by atoms with Gasteiger partial charge in [-0.25, -0.2) is 4.98 Å². The molecule has 3 rings (SSSR count). The zero-order chi connectivity index (χ0) is 13.4. The zero-order valence-electron chi connectivity index (χ0n) is 10.3. The van der Waals surface area contributed by atoms with Gasteiger partial charge in [-0.05, 0) is 18.6 Å². The first kappa shape index (κ1) is 12.5. The van der Waals surface area contributed by atoms with Gasteiger partial charge in [0.05, 0.1) is 21.3 Å². The standard InChI is InChI=1S/C16H11Cl2N/c1-10-14(18)12-8-5-9-13(17)16(12)19-15(10)11-6-3-2-4-7-11/h2-9H,1H3. The predicted molar refractivity (Wildman–Crippen MR) is 81.9 cm³/mol. The van der Waals surface area contributed by atoms with Crippen LogP contribution < -0.4 is 0 Å². The van der Waals surface area contributed by atoms with E-state index in [0.717, 1.165) is 27.7 Å². The number of hydrogen-bond acceptors (Lipinski definition) is 1. The van der Waals surface area contributed by atoms with Crippen molar-refractivity contribution < 1.29 is 0 Å². The zero-order valence-corrected chi connectivity index (χ0v) is 11.8. The third-order valence-corrected chi connectivity index (χ3v) is 3.97. The molecule has 94 valence electrons. The van der Waals surface area contributed by atoms with Crippen molar-refractivity contribution in [3.63, 3.8) is 0 Å². The lowest BCUT2D eigenvalue weighted by atomic mass is 10.0. The molecule has 0 aliphatic heterocycles. The summed E-state index contributed by atoms with van der Waals surface area (Å²) in [5.74, 6) is 0. The molecule has 0 unspecified atom stereocenters. The van der Waals surface area contributed by atoms with E-state index in [-0.39, 0.29) is 0 Å². The van der Waals surface area contributed by atoms with Crippen molar-refractivity contribution in [2.24, 2.45) is 0 Å². The molecule has 0 radical (unpaired) electrons. The third kappa shape index (κ3) is 2.09. The molecule has 3 aromatic rings. The highest BCUT2D eigenvalue weighted by Gasteiger charge is 2.13. The fourth-order valence-electron chi connectivity index (χ4n) is 2.18. The van der Waals surface area contributed by atoms with Crippen molar-refractivity contribution in [3.8, 4) is 11.3 Å². The summed E-state index contributed by atoms with van der Waals surface area (Å²) in [4.78, 5) is 4.69. The quantitative estimate of drug-likeness (QED) is 0.574. The van der Waals surface area contributed by atoms with Gasteiger partial charge in [0.1, 0.15) is 0 Å². The normalized spacial score (nSPS) is 10.9. The van der Waals surface area contributed by atoms with Gasteiger partial charge < -0.3 is 0 Å². The molecule has 0 amide bonds. The van der Waals surface area contributed by atoms with E-state index in [2.05, 4.69) is 4.98 Å². The van der Waals surface area contributed by atoms with Crippen LogP contribution in [0.1, 0.15) is 5.56 Å². The van der Waals surface area contributed by atoms with Crippen LogP contribution in [0.2, 0.25) is 10.0 Å². The Morgan fingerprint density at radius 2 is 1.63 bits per heavy atom. The number of rotatable bonds is 1. The summed E-state index contributed by atoms with van der Waals surface area (Å²) in [5, 5.41) is 2.23. The number of halogens is 2. The van der Waals surface area contributed by atoms with E-state index in [0.29, 0.717) is 10.0 Å². The Labute approximate surface area is 121 Å². The van der Waals surface area contributed by atoms with Crippen LogP contribution in [0, 0.1) is 6.92 Å². The highest BCUT2D eigenvalue weighted by molar-refractivity contribution is 6.39. The monoisotopic (exact) mass is 287 g/mol. The van der Waals surface area contributed by atoms with Gasteiger partial charge in [0.15, 0.2) is 0 Å². The van der Waals surface area contributed by atoms with Crippen molar-refractivity contribution in [1.82, 2.24) is 4.98 Å². The summed E-state index contributed by atoms with van der Waals surface area (Å²) in [6.45, 7) is 1.98. The second kappa shape index (κ2) is 4.84. The summed E-state index contributed by atoms with van der Waals surface area (Å²) in [6, 6.07) is 15.7. The Hall–Kier alpha value is -1.57. The van der Waals surface area contributed by atoms with Crippen LogP contribution in [0.15, 0.2) is 48.5 Å². The molecule has 3 heteroatoms. The molecule has 1 aromatic heterocycles. The van der Waals surface area contributed by atoms with Gasteiger partial charge in [-0.2, -0.15) is 0 Å². The van der Waals surface area contributed by atoms with Crippen LogP contribution >= 0.6 is 23.2 Å². The second-order valence-corrected chi connectivity index (χ2v) is 5.19. The number of benzene rings is 2. The molecule has 0 bridgehead atoms. The maximum atomic E-state index is 6.45. The molecule has 1 nitrogen and oxygen atoms in total. The van der Waals surface area contributed by atoms with Gasteiger partial charge >= 0.3 is 0 Å². The molecule has 0 atom stereocenters. The highest BCUT2D eigenvalue weighted by Crippen LogP contribution is 2.35. The number of para-hydroxylation sites is 1. The predicted octanol–water partition coefficient (Wildman–Crippen LogP) is 5.52. The molecular weight excluding hydrogens is 277 g/mol. The summed E-state index contributed by atoms with van der Waals surface area (Å²) in [5.41, 5.74) is 3.65. The van der Waals surface area contributed by atoms with Crippen LogP contribution in [-0.2, 0) is 0 Å². The molecular formula is C16H11Cl2N. The van der Waals surface area contributed by atoms with Crippen molar-refractivity contribution in [2.45, 2.75) is 6.92 Å². The number of fused-ring (bicyclic) bond motifs is 1. The number of pyridine rings is 1. The summed E-state index contributed by atoms with van der Waals surface area (Å²) < 4.78 is 0. The van der Waals surface area contributed by atoms with Crippen LogP contribution in [0.3, 0.4) is 0 Å². The fraction of sp³-hybridized carbons (Fsp3) is 0.0625. The van der Waals surface area contributed by atoms with Gasteiger partial charge in [0.25, 0.3) is 0 Å². The van der Waals surface area contributed by atoms with Gasteiger partial charge in [-0.1, -0.05) is 65.7 Å². The first-order chi connectivity index (χ1) is 9.18. The Balaban J connectivity index is 2.39. The Morgan fingerprint density at radius 3 is 2.37 bits per heavy atom. The van der Waals surface area contributed by atoms with E-state index in [4.69, 9.17) is 23.2 Å². The Bertz CT molecular complexity index is 752. The summed E-state index contributed by atoms with van der Waals surface area (Å²) in [6.07, 6.45) is 0. The number of hydrogen-bond donors (Lipinski definition) is 0. The van der Waals surface area contributed by atoms with Crippen molar-refractivity contribution in [1.29, 1.82) is 0 Å². The largest absolute Gasteiger partial charge is 0.246 e. The van der Waals surface area contributed by atoms with Gasteiger partial charge in [-0.3, -0.25) is 0 Å². The van der Waals surface area contributed by atoms with Crippen LogP contribution in [-0.4, -0.2) is 4.98 Å². The molecule has 0 aliphatic rings. The van der Waals surface area contributed by atoms with Crippen molar-refractivity contribution >= 4 is 34.1 Å². The molecule has 0 aliphatic carbocycles. The van der Waals surface area contributed by atoms with Crippen LogP contribution in [0.5, 0.6) is 0 Å². The minimum Gasteiger partial charge on any atom is -0.246 e. The molecule has 19 heavy (non-hydrogen) atoms. The van der Waals surface area contributed by atoms with Crippen molar-refractivity contribution in [3.05, 3.63) is 64.1 Å². The number of aromatic nitrogens is 1. The molecule has 0 spiro atoms. The second-order valence-electron chi connectivity index (χ2n) is 4.40. The SMILES string of the molecule is Cc1c(-c2ccccc2)nc2c(Cl)cccc2c1Cl. The van der Waals surface area contributed by atoms with Crippen LogP contribution in [0.4, 0.5) is 0 Å². The molecule has 2 aromatic carbocycles. The van der Waals surface area contributed by atoms with E-state index in [1.165, 1.54) is 0 Å². The van der Waals surface area contributed by atoms with E-state index >= 15 is 0 Å². The van der Waals surface area contributed by atoms with E-state index < -0.39 is 0 Å². The maximum absolute atomic E-state index is 6.45. The molecule has 1 heterocycles. The maximum Gasteiger partial charge on any atom is 0.0910 e. The molecule has 0 saturated heterocycles. The highest BCUT2D eigenvalue weighted by atomic mass is 35.5. The Kier molecular flexibility index (Phi) is 3.17. The van der Waals surface area contributed by atoms with Gasteiger partial charge in [-0.15, -0.1) is 0 Å². The summed E-state index contributed by atoms with van der Waals surface area (Å²) in [7, 11) is 0. The minimum absolute atomic E-state index is 0.622. The van der Waals surface area contributed by atoms with Crippen LogP contribution in [0.25, 0.3) is 22.2 Å². The van der Waals surface area contributed by atoms with E-state index in [9.17, 15) is 0 Å². The summed E-state index contributed by atoms with van der Waals surface area (Å²) >= 11 is 12.7. The third-order valence-electron chi connectivity index (χ3n) is 3.18. The smallest absolute Gasteiger partial charge is 0.0910 e. The van der Waals surface area contributed by atoms with E-state index in [1.54, 1.807) is 0 Å². The lowest BCUT2D eigenvalue weighted by molar-refractivity contribution is 1.33. The average Bonchev–Trinajstić information content (AvgIpc) is 2.44. The van der Waals surface area contributed by atoms with E-state index in [1.807, 2.05) is 55.5 Å². The number of nitrogens with zero attached hydrogens (tertiary/aromatic N) is 1. The first-order valence-corrected chi connectivity index (χ1v) is 6.74. The van der Waals surface area contributed by atoms with Gasteiger partial charge in [0.2, 0.25) is 0 Å². The Morgan fingerprint density at radius 1 is 0.895 bits per heavy atom. The lowest BCUT2D eigenvalue weighted by Gasteiger charge is -2.11.